The van der Waals surface area contributed by atoms with E-state index in [0.29, 0.717) is 12.5 Å². The molecule has 1 aliphatic rings. The van der Waals surface area contributed by atoms with Crippen LogP contribution in [0.1, 0.15) is 51.0 Å². The summed E-state index contributed by atoms with van der Waals surface area (Å²) in [6.07, 6.45) is 4.21. The minimum absolute atomic E-state index is 0.0444. The molecule has 0 saturated heterocycles. The molecule has 1 fully saturated rings. The van der Waals surface area contributed by atoms with Crippen molar-refractivity contribution in [1.82, 2.24) is 5.32 Å². The molecule has 3 N–H and O–H groups in total. The van der Waals surface area contributed by atoms with Gasteiger partial charge in [0.25, 0.3) is 5.91 Å². The fourth-order valence-corrected chi connectivity index (χ4v) is 2.86. The van der Waals surface area contributed by atoms with Crippen LogP contribution in [-0.4, -0.2) is 24.6 Å². The summed E-state index contributed by atoms with van der Waals surface area (Å²) in [7, 11) is 0. The zero-order valence-electron chi connectivity index (χ0n) is 13.0. The van der Waals surface area contributed by atoms with Gasteiger partial charge < -0.3 is 15.8 Å². The molecule has 21 heavy (non-hydrogen) atoms. The van der Waals surface area contributed by atoms with Crippen molar-refractivity contribution in [3.63, 3.8) is 0 Å². The lowest BCUT2D eigenvalue weighted by Gasteiger charge is -2.28. The monoisotopic (exact) mass is 290 g/mol. The van der Waals surface area contributed by atoms with Crippen molar-refractivity contribution in [3.8, 4) is 5.75 Å². The lowest BCUT2D eigenvalue weighted by atomic mass is 9.98. The van der Waals surface area contributed by atoms with Gasteiger partial charge in [-0.15, -0.1) is 0 Å². The molecule has 2 rings (SSSR count). The molecular weight excluding hydrogens is 264 g/mol. The first-order valence-electron chi connectivity index (χ1n) is 7.78. The van der Waals surface area contributed by atoms with Crippen molar-refractivity contribution >= 4 is 5.91 Å². The van der Waals surface area contributed by atoms with Crippen LogP contribution >= 0.6 is 0 Å². The van der Waals surface area contributed by atoms with Gasteiger partial charge in [0.15, 0.2) is 6.61 Å². The van der Waals surface area contributed by atoms with Gasteiger partial charge in [-0.25, -0.2) is 0 Å². The molecule has 1 aliphatic carbocycles. The predicted octanol–water partition coefficient (Wildman–Crippen LogP) is 2.58. The molecule has 4 heteroatoms. The van der Waals surface area contributed by atoms with Crippen molar-refractivity contribution in [1.29, 1.82) is 0 Å². The number of carbonyl (C=O) groups is 1. The van der Waals surface area contributed by atoms with Crippen molar-refractivity contribution in [3.05, 3.63) is 29.8 Å². The highest BCUT2D eigenvalue weighted by molar-refractivity contribution is 5.78. The summed E-state index contributed by atoms with van der Waals surface area (Å²) < 4.78 is 5.55. The summed E-state index contributed by atoms with van der Waals surface area (Å²) in [5.41, 5.74) is 6.87. The van der Waals surface area contributed by atoms with E-state index >= 15 is 0 Å². The van der Waals surface area contributed by atoms with Gasteiger partial charge in [0.2, 0.25) is 0 Å². The Morgan fingerprint density at radius 3 is 2.43 bits per heavy atom. The maximum absolute atomic E-state index is 12.0. The van der Waals surface area contributed by atoms with E-state index in [-0.39, 0.29) is 18.1 Å². The average molecular weight is 290 g/mol. The van der Waals surface area contributed by atoms with Gasteiger partial charge in [-0.3, -0.25) is 4.79 Å². The van der Waals surface area contributed by atoms with Crippen LogP contribution in [0, 0.1) is 0 Å². The largest absolute Gasteiger partial charge is 0.484 e. The Balaban J connectivity index is 1.83. The third kappa shape index (κ3) is 4.21. The first kappa shape index (κ1) is 15.8. The van der Waals surface area contributed by atoms with Gasteiger partial charge in [-0.1, -0.05) is 38.8 Å². The quantitative estimate of drug-likeness (QED) is 0.846. The number of nitrogens with two attached hydrogens (primary N) is 1. The SMILES string of the molecule is CC(C)c1ccc(OCC(=O)NC2(CN)CCCC2)cc1. The highest BCUT2D eigenvalue weighted by atomic mass is 16.5. The molecule has 1 aromatic carbocycles. The summed E-state index contributed by atoms with van der Waals surface area (Å²) >= 11 is 0. The van der Waals surface area contributed by atoms with Crippen LogP contribution in [0.15, 0.2) is 24.3 Å². The maximum Gasteiger partial charge on any atom is 0.258 e. The predicted molar refractivity (Wildman–Crippen MR) is 84.4 cm³/mol. The number of hydrogen-bond acceptors (Lipinski definition) is 3. The number of hydrogen-bond donors (Lipinski definition) is 2. The smallest absolute Gasteiger partial charge is 0.258 e. The van der Waals surface area contributed by atoms with Crippen molar-refractivity contribution in [2.24, 2.45) is 5.73 Å². The van der Waals surface area contributed by atoms with Crippen LogP contribution in [0.5, 0.6) is 5.75 Å². The zero-order valence-corrected chi connectivity index (χ0v) is 13.0. The first-order valence-corrected chi connectivity index (χ1v) is 7.78. The summed E-state index contributed by atoms with van der Waals surface area (Å²) in [6, 6.07) is 7.90. The third-order valence-electron chi connectivity index (χ3n) is 4.27. The molecular formula is C17H26N2O2. The van der Waals surface area contributed by atoms with Gasteiger partial charge in [-0.2, -0.15) is 0 Å². The Bertz CT molecular complexity index is 462. The number of rotatable bonds is 6. The van der Waals surface area contributed by atoms with Gasteiger partial charge in [0.1, 0.15) is 5.75 Å². The van der Waals surface area contributed by atoms with E-state index in [9.17, 15) is 4.79 Å². The van der Waals surface area contributed by atoms with Crippen LogP contribution in [0.3, 0.4) is 0 Å². The highest BCUT2D eigenvalue weighted by Crippen LogP contribution is 2.28. The van der Waals surface area contributed by atoms with E-state index in [1.165, 1.54) is 5.56 Å². The number of amides is 1. The summed E-state index contributed by atoms with van der Waals surface area (Å²) in [6.45, 7) is 4.85. The van der Waals surface area contributed by atoms with E-state index in [1.807, 2.05) is 24.3 Å². The van der Waals surface area contributed by atoms with E-state index < -0.39 is 0 Å². The molecule has 0 heterocycles. The molecule has 0 spiro atoms. The average Bonchev–Trinajstić information content (AvgIpc) is 2.94. The maximum atomic E-state index is 12.0. The Morgan fingerprint density at radius 1 is 1.29 bits per heavy atom. The molecule has 0 aliphatic heterocycles. The second-order valence-corrected chi connectivity index (χ2v) is 6.25. The Hall–Kier alpha value is -1.55. The van der Waals surface area contributed by atoms with Crippen molar-refractivity contribution in [2.75, 3.05) is 13.2 Å². The normalized spacial score (nSPS) is 17.0. The van der Waals surface area contributed by atoms with E-state index in [4.69, 9.17) is 10.5 Å². The lowest BCUT2D eigenvalue weighted by Crippen LogP contribution is -2.52. The minimum Gasteiger partial charge on any atom is -0.484 e. The number of benzene rings is 1. The Kier molecular flexibility index (Phi) is 5.23. The fourth-order valence-electron chi connectivity index (χ4n) is 2.86. The van der Waals surface area contributed by atoms with Gasteiger partial charge in [-0.05, 0) is 36.5 Å². The standard InChI is InChI=1S/C17H26N2O2/c1-13(2)14-5-7-15(8-6-14)21-11-16(20)19-17(12-18)9-3-4-10-17/h5-8,13H,3-4,9-12,18H2,1-2H3,(H,19,20). The molecule has 0 radical (unpaired) electrons. The number of carbonyl (C=O) groups excluding carboxylic acids is 1. The van der Waals surface area contributed by atoms with E-state index in [2.05, 4.69) is 19.2 Å². The molecule has 116 valence electrons. The third-order valence-corrected chi connectivity index (χ3v) is 4.27. The van der Waals surface area contributed by atoms with Crippen LogP contribution in [0.4, 0.5) is 0 Å². The van der Waals surface area contributed by atoms with E-state index in [1.54, 1.807) is 0 Å². The topological polar surface area (TPSA) is 64.3 Å². The molecule has 0 aromatic heterocycles. The van der Waals surface area contributed by atoms with Crippen LogP contribution in [0.25, 0.3) is 0 Å². The Morgan fingerprint density at radius 2 is 1.90 bits per heavy atom. The van der Waals surface area contributed by atoms with Crippen LogP contribution < -0.4 is 15.8 Å². The molecule has 0 atom stereocenters. The molecule has 1 aromatic rings. The summed E-state index contributed by atoms with van der Waals surface area (Å²) in [5, 5.41) is 3.05. The van der Waals surface area contributed by atoms with Gasteiger partial charge >= 0.3 is 0 Å². The second-order valence-electron chi connectivity index (χ2n) is 6.25. The minimum atomic E-state index is -0.206. The number of nitrogens with one attached hydrogen (secondary N) is 1. The van der Waals surface area contributed by atoms with Crippen molar-refractivity contribution < 1.29 is 9.53 Å². The Labute approximate surface area is 127 Å². The molecule has 1 amide bonds. The highest BCUT2D eigenvalue weighted by Gasteiger charge is 2.33. The first-order chi connectivity index (χ1) is 10.0. The second kappa shape index (κ2) is 6.94. The zero-order chi connectivity index (χ0) is 15.3. The van der Waals surface area contributed by atoms with Crippen LogP contribution in [-0.2, 0) is 4.79 Å². The summed E-state index contributed by atoms with van der Waals surface area (Å²) in [5.74, 6) is 1.13. The molecule has 0 bridgehead atoms. The summed E-state index contributed by atoms with van der Waals surface area (Å²) in [4.78, 5) is 12.0. The van der Waals surface area contributed by atoms with E-state index in [0.717, 1.165) is 31.4 Å². The lowest BCUT2D eigenvalue weighted by molar-refractivity contribution is -0.124. The van der Waals surface area contributed by atoms with Gasteiger partial charge in [0.05, 0.1) is 5.54 Å². The molecule has 0 unspecified atom stereocenters. The number of ether oxygens (including phenoxy) is 1. The van der Waals surface area contributed by atoms with Crippen molar-refractivity contribution in [2.45, 2.75) is 51.0 Å². The van der Waals surface area contributed by atoms with Gasteiger partial charge in [0, 0.05) is 6.54 Å². The fraction of sp³-hybridized carbons (Fsp3) is 0.588. The molecule has 4 nitrogen and oxygen atoms in total. The van der Waals surface area contributed by atoms with Crippen LogP contribution in [0.2, 0.25) is 0 Å². The molecule has 1 saturated carbocycles.